The normalized spacial score (nSPS) is 11.9. The van der Waals surface area contributed by atoms with Crippen molar-refractivity contribution in [3.05, 3.63) is 46.4 Å². The van der Waals surface area contributed by atoms with Crippen molar-refractivity contribution < 1.29 is 9.53 Å². The number of nitrogens with zero attached hydrogens (tertiary/aromatic N) is 1. The molecule has 0 spiro atoms. The Morgan fingerprint density at radius 3 is 2.71 bits per heavy atom. The molecule has 1 aromatic heterocycles. The number of aromatic nitrogens is 1. The van der Waals surface area contributed by atoms with Gasteiger partial charge in [0.1, 0.15) is 11.4 Å². The molecular weight excluding hydrogens is 284 g/mol. The summed E-state index contributed by atoms with van der Waals surface area (Å²) in [6, 6.07) is 7.85. The van der Waals surface area contributed by atoms with Gasteiger partial charge in [-0.2, -0.15) is 0 Å². The summed E-state index contributed by atoms with van der Waals surface area (Å²) >= 11 is 1.43. The van der Waals surface area contributed by atoms with Crippen molar-refractivity contribution >= 4 is 17.2 Å². The van der Waals surface area contributed by atoms with Crippen molar-refractivity contribution in [1.29, 1.82) is 0 Å². The molecule has 0 aliphatic heterocycles. The van der Waals surface area contributed by atoms with Crippen molar-refractivity contribution in [1.82, 2.24) is 10.3 Å². The van der Waals surface area contributed by atoms with E-state index in [4.69, 9.17) is 4.74 Å². The highest BCUT2D eigenvalue weighted by Gasteiger charge is 2.16. The van der Waals surface area contributed by atoms with Crippen LogP contribution in [0.4, 0.5) is 0 Å². The van der Waals surface area contributed by atoms with Crippen LogP contribution in [0.1, 0.15) is 48.3 Å². The van der Waals surface area contributed by atoms with Gasteiger partial charge in [-0.15, -0.1) is 11.3 Å². The lowest BCUT2D eigenvalue weighted by atomic mass is 10.0. The van der Waals surface area contributed by atoms with Crippen molar-refractivity contribution in [2.75, 3.05) is 7.11 Å². The quantitative estimate of drug-likeness (QED) is 0.846. The molecule has 0 aliphatic rings. The molecule has 0 aliphatic carbocycles. The molecule has 1 atom stereocenters. The van der Waals surface area contributed by atoms with Gasteiger partial charge in [0.05, 0.1) is 18.7 Å². The number of thiazole rings is 1. The molecule has 112 valence electrons. The summed E-state index contributed by atoms with van der Waals surface area (Å²) in [7, 11) is 1.65. The Bertz CT molecular complexity index is 552. The molecule has 0 bridgehead atoms. The van der Waals surface area contributed by atoms with Gasteiger partial charge in [-0.1, -0.05) is 31.9 Å². The van der Waals surface area contributed by atoms with Crippen LogP contribution in [0.15, 0.2) is 35.2 Å². The van der Waals surface area contributed by atoms with Crippen LogP contribution in [0, 0.1) is 0 Å². The molecule has 2 aromatic rings. The number of ether oxygens (including phenoxy) is 1. The fourth-order valence-corrected chi connectivity index (χ4v) is 2.66. The van der Waals surface area contributed by atoms with E-state index >= 15 is 0 Å². The fraction of sp³-hybridized carbons (Fsp3) is 0.375. The second-order valence-corrected chi connectivity index (χ2v) is 5.53. The van der Waals surface area contributed by atoms with Crippen LogP contribution in [-0.2, 0) is 0 Å². The molecular formula is C16H20N2O2S. The van der Waals surface area contributed by atoms with Crippen molar-refractivity contribution in [3.8, 4) is 5.75 Å². The molecule has 0 radical (unpaired) electrons. The van der Waals surface area contributed by atoms with Crippen molar-refractivity contribution in [2.24, 2.45) is 0 Å². The van der Waals surface area contributed by atoms with Crippen molar-refractivity contribution in [3.63, 3.8) is 0 Å². The van der Waals surface area contributed by atoms with E-state index in [1.165, 1.54) is 11.3 Å². The summed E-state index contributed by atoms with van der Waals surface area (Å²) in [5.41, 5.74) is 3.24. The monoisotopic (exact) mass is 304 g/mol. The minimum atomic E-state index is -0.117. The maximum atomic E-state index is 12.2. The number of carbonyl (C=O) groups is 1. The summed E-state index contributed by atoms with van der Waals surface area (Å²) in [4.78, 5) is 16.2. The highest BCUT2D eigenvalue weighted by atomic mass is 32.1. The van der Waals surface area contributed by atoms with Crippen LogP contribution in [0.2, 0.25) is 0 Å². The summed E-state index contributed by atoms with van der Waals surface area (Å²) in [5.74, 6) is 0.701. The van der Waals surface area contributed by atoms with E-state index in [0.29, 0.717) is 5.69 Å². The molecule has 5 heteroatoms. The van der Waals surface area contributed by atoms with Crippen LogP contribution in [0.25, 0.3) is 0 Å². The van der Waals surface area contributed by atoms with Gasteiger partial charge >= 0.3 is 0 Å². The Hall–Kier alpha value is -1.88. The number of carbonyl (C=O) groups excluding carboxylic acids is 1. The average molecular weight is 304 g/mol. The molecule has 1 N–H and O–H groups in total. The molecule has 1 unspecified atom stereocenters. The van der Waals surface area contributed by atoms with Gasteiger partial charge in [-0.3, -0.25) is 4.79 Å². The molecule has 0 fully saturated rings. The number of hydrogen-bond acceptors (Lipinski definition) is 4. The topological polar surface area (TPSA) is 51.2 Å². The Labute approximate surface area is 129 Å². The van der Waals surface area contributed by atoms with E-state index in [2.05, 4.69) is 17.2 Å². The first-order chi connectivity index (χ1) is 10.2. The van der Waals surface area contributed by atoms with Crippen LogP contribution >= 0.6 is 11.3 Å². The highest BCUT2D eigenvalue weighted by Crippen LogP contribution is 2.22. The first-order valence-corrected chi connectivity index (χ1v) is 8.02. The van der Waals surface area contributed by atoms with Gasteiger partial charge < -0.3 is 10.1 Å². The maximum absolute atomic E-state index is 12.2. The van der Waals surface area contributed by atoms with E-state index in [1.54, 1.807) is 18.0 Å². The zero-order valence-corrected chi connectivity index (χ0v) is 13.2. The Morgan fingerprint density at radius 1 is 1.38 bits per heavy atom. The predicted octanol–water partition coefficient (Wildman–Crippen LogP) is 3.81. The van der Waals surface area contributed by atoms with Gasteiger partial charge in [0.15, 0.2) is 0 Å². The second kappa shape index (κ2) is 7.78. The lowest BCUT2D eigenvalue weighted by molar-refractivity contribution is 0.0929. The summed E-state index contributed by atoms with van der Waals surface area (Å²) in [5, 5.41) is 4.84. The lowest BCUT2D eigenvalue weighted by Crippen LogP contribution is -2.28. The minimum Gasteiger partial charge on any atom is -0.497 e. The standard InChI is InChI=1S/C16H20N2O2S/c1-3-4-5-14(12-6-8-13(20-2)9-7-12)18-16(19)15-10-21-11-17-15/h6-11,14H,3-5H2,1-2H3,(H,18,19). The first kappa shape index (κ1) is 15.5. The second-order valence-electron chi connectivity index (χ2n) is 4.82. The summed E-state index contributed by atoms with van der Waals surface area (Å²) < 4.78 is 5.17. The number of methoxy groups -OCH3 is 1. The Kier molecular flexibility index (Phi) is 5.75. The van der Waals surface area contributed by atoms with Gasteiger partial charge in [0, 0.05) is 5.38 Å². The summed E-state index contributed by atoms with van der Waals surface area (Å²) in [6.45, 7) is 2.15. The van der Waals surface area contributed by atoms with Gasteiger partial charge in [-0.05, 0) is 24.1 Å². The number of hydrogen-bond donors (Lipinski definition) is 1. The third-order valence-electron chi connectivity index (χ3n) is 3.33. The van der Waals surface area contributed by atoms with Gasteiger partial charge in [0.25, 0.3) is 5.91 Å². The molecule has 0 saturated carbocycles. The highest BCUT2D eigenvalue weighted by molar-refractivity contribution is 7.07. The number of benzene rings is 1. The maximum Gasteiger partial charge on any atom is 0.271 e. The van der Waals surface area contributed by atoms with Crippen LogP contribution in [-0.4, -0.2) is 18.0 Å². The number of rotatable bonds is 7. The lowest BCUT2D eigenvalue weighted by Gasteiger charge is -2.19. The van der Waals surface area contributed by atoms with Crippen molar-refractivity contribution in [2.45, 2.75) is 32.2 Å². The molecule has 1 amide bonds. The largest absolute Gasteiger partial charge is 0.497 e. The van der Waals surface area contributed by atoms with Crippen LogP contribution < -0.4 is 10.1 Å². The van der Waals surface area contributed by atoms with Crippen LogP contribution in [0.3, 0.4) is 0 Å². The van der Waals surface area contributed by atoms with E-state index in [0.717, 1.165) is 30.6 Å². The van der Waals surface area contributed by atoms with E-state index in [9.17, 15) is 4.79 Å². The number of unbranched alkanes of at least 4 members (excludes halogenated alkanes) is 1. The Balaban J connectivity index is 2.11. The zero-order chi connectivity index (χ0) is 15.1. The third kappa shape index (κ3) is 4.29. The molecule has 0 saturated heterocycles. The fourth-order valence-electron chi connectivity index (χ4n) is 2.12. The first-order valence-electron chi connectivity index (χ1n) is 7.07. The molecule has 21 heavy (non-hydrogen) atoms. The zero-order valence-electron chi connectivity index (χ0n) is 12.3. The summed E-state index contributed by atoms with van der Waals surface area (Å²) in [6.07, 6.45) is 3.08. The SMILES string of the molecule is CCCCC(NC(=O)c1cscn1)c1ccc(OC)cc1. The minimum absolute atomic E-state index is 0.00468. The van der Waals surface area contributed by atoms with Gasteiger partial charge in [0.2, 0.25) is 0 Å². The third-order valence-corrected chi connectivity index (χ3v) is 3.92. The van der Waals surface area contributed by atoms with E-state index in [-0.39, 0.29) is 11.9 Å². The number of nitrogens with one attached hydrogen (secondary N) is 1. The number of amides is 1. The van der Waals surface area contributed by atoms with E-state index in [1.807, 2.05) is 24.3 Å². The molecule has 4 nitrogen and oxygen atoms in total. The predicted molar refractivity (Wildman–Crippen MR) is 84.8 cm³/mol. The smallest absolute Gasteiger partial charge is 0.271 e. The van der Waals surface area contributed by atoms with Crippen LogP contribution in [0.5, 0.6) is 5.75 Å². The molecule has 2 rings (SSSR count). The molecule has 1 aromatic carbocycles. The average Bonchev–Trinajstić information content (AvgIpc) is 3.06. The van der Waals surface area contributed by atoms with E-state index < -0.39 is 0 Å². The van der Waals surface area contributed by atoms with Gasteiger partial charge in [-0.25, -0.2) is 4.98 Å². The Morgan fingerprint density at radius 2 is 2.14 bits per heavy atom. The molecule has 1 heterocycles.